The highest BCUT2D eigenvalue weighted by Crippen LogP contribution is 2.35. The van der Waals surface area contributed by atoms with Crippen LogP contribution in [0.2, 0.25) is 0 Å². The zero-order chi connectivity index (χ0) is 18.2. The molecule has 140 valence electrons. The Hall–Kier alpha value is -0.600. The molecule has 1 rings (SSSR count). The summed E-state index contributed by atoms with van der Waals surface area (Å²) in [5.41, 5.74) is 3.04. The molecule has 0 aromatic carbocycles. The van der Waals surface area contributed by atoms with Crippen LogP contribution in [0.15, 0.2) is 23.3 Å². The van der Waals surface area contributed by atoms with E-state index < -0.39 is 0 Å². The predicted octanol–water partition coefficient (Wildman–Crippen LogP) is 5.58. The second-order valence-corrected chi connectivity index (χ2v) is 8.75. The van der Waals surface area contributed by atoms with Gasteiger partial charge in [0.1, 0.15) is 0 Å². The van der Waals surface area contributed by atoms with Crippen LogP contribution in [0, 0.1) is 11.3 Å². The smallest absolute Gasteiger partial charge is 0.0484 e. The summed E-state index contributed by atoms with van der Waals surface area (Å²) in [5.74, 6) is 0.670. The van der Waals surface area contributed by atoms with E-state index in [1.807, 2.05) is 0 Å². The fraction of sp³-hybridized carbons (Fsp3) is 0.818. The minimum Gasteiger partial charge on any atom is -0.396 e. The van der Waals surface area contributed by atoms with Crippen molar-refractivity contribution in [2.75, 3.05) is 19.7 Å². The van der Waals surface area contributed by atoms with Gasteiger partial charge in [-0.1, -0.05) is 37.1 Å². The summed E-state index contributed by atoms with van der Waals surface area (Å²) >= 11 is 0. The number of rotatable bonds is 9. The van der Waals surface area contributed by atoms with Gasteiger partial charge in [-0.15, -0.1) is 0 Å². The minimum absolute atomic E-state index is 0.0838. The molecular weight excluding hydrogens is 294 g/mol. The molecule has 24 heavy (non-hydrogen) atoms. The Morgan fingerprint density at radius 2 is 1.75 bits per heavy atom. The molecule has 0 aromatic rings. The molecule has 0 radical (unpaired) electrons. The molecule has 1 aliphatic heterocycles. The summed E-state index contributed by atoms with van der Waals surface area (Å²) in [6.07, 6.45) is 12.1. The van der Waals surface area contributed by atoms with Gasteiger partial charge in [0.2, 0.25) is 0 Å². The normalized spacial score (nSPS) is 19.4. The Kier molecular flexibility index (Phi) is 9.30. The number of hydrogen-bond donors (Lipinski definition) is 1. The van der Waals surface area contributed by atoms with E-state index in [-0.39, 0.29) is 5.41 Å². The average Bonchev–Trinajstić information content (AvgIpc) is 2.54. The van der Waals surface area contributed by atoms with Gasteiger partial charge in [0.25, 0.3) is 0 Å². The van der Waals surface area contributed by atoms with Gasteiger partial charge in [0.15, 0.2) is 0 Å². The first-order valence-corrected chi connectivity index (χ1v) is 9.90. The molecule has 0 aromatic heterocycles. The van der Waals surface area contributed by atoms with Crippen molar-refractivity contribution in [2.45, 2.75) is 86.1 Å². The van der Waals surface area contributed by atoms with Gasteiger partial charge < -0.3 is 10.0 Å². The highest BCUT2D eigenvalue weighted by molar-refractivity contribution is 5.02. The highest BCUT2D eigenvalue weighted by atomic mass is 16.3. The second kappa shape index (κ2) is 10.4. The summed E-state index contributed by atoms with van der Waals surface area (Å²) in [5, 5.41) is 9.56. The molecule has 0 aliphatic carbocycles. The average molecular weight is 336 g/mol. The minimum atomic E-state index is 0.0838. The van der Waals surface area contributed by atoms with E-state index in [4.69, 9.17) is 0 Å². The van der Waals surface area contributed by atoms with Crippen molar-refractivity contribution >= 4 is 0 Å². The van der Waals surface area contributed by atoms with Gasteiger partial charge in [-0.2, -0.15) is 0 Å². The zero-order valence-electron chi connectivity index (χ0n) is 17.1. The molecule has 0 bridgehead atoms. The molecule has 1 aliphatic rings. The molecule has 1 unspecified atom stereocenters. The topological polar surface area (TPSA) is 23.5 Å². The van der Waals surface area contributed by atoms with E-state index in [1.165, 1.54) is 62.8 Å². The van der Waals surface area contributed by atoms with Gasteiger partial charge >= 0.3 is 0 Å². The van der Waals surface area contributed by atoms with Crippen LogP contribution < -0.4 is 0 Å². The third-order valence-electron chi connectivity index (χ3n) is 5.83. The molecule has 0 amide bonds. The van der Waals surface area contributed by atoms with Crippen molar-refractivity contribution in [2.24, 2.45) is 11.3 Å². The fourth-order valence-corrected chi connectivity index (χ4v) is 3.69. The molecule has 1 N–H and O–H groups in total. The largest absolute Gasteiger partial charge is 0.396 e. The Morgan fingerprint density at radius 3 is 2.29 bits per heavy atom. The van der Waals surface area contributed by atoms with Gasteiger partial charge in [-0.3, -0.25) is 0 Å². The van der Waals surface area contributed by atoms with E-state index in [0.717, 1.165) is 0 Å². The van der Waals surface area contributed by atoms with Gasteiger partial charge in [0.05, 0.1) is 0 Å². The summed E-state index contributed by atoms with van der Waals surface area (Å²) in [6, 6.07) is 0.671. The van der Waals surface area contributed by atoms with Crippen LogP contribution in [-0.4, -0.2) is 35.7 Å². The molecule has 1 fully saturated rings. The third-order valence-corrected chi connectivity index (χ3v) is 5.83. The van der Waals surface area contributed by atoms with Crippen molar-refractivity contribution < 1.29 is 5.11 Å². The molecule has 1 heterocycles. The Balaban J connectivity index is 2.29. The van der Waals surface area contributed by atoms with Crippen LogP contribution in [0.25, 0.3) is 0 Å². The molecule has 1 saturated heterocycles. The summed E-state index contributed by atoms with van der Waals surface area (Å²) in [6.45, 7) is 16.1. The lowest BCUT2D eigenvalue weighted by atomic mass is 9.74. The number of aliphatic hydroxyl groups excluding tert-OH is 1. The monoisotopic (exact) mass is 335 g/mol. The number of aliphatic hydroxyl groups is 1. The van der Waals surface area contributed by atoms with Crippen LogP contribution in [0.3, 0.4) is 0 Å². The standard InChI is InChI=1S/C22H41NO/c1-18(2)9-7-10-19(3)11-8-12-20(4)23-15-13-21(14-16-23)22(5,6)17-24/h9,11,20-21,24H,7-8,10,12-17H2,1-6H3. The SMILES string of the molecule is CC(C)=CCCC(C)=CCCC(C)N1CCC(C(C)(C)CO)CC1. The number of piperidine rings is 1. The molecule has 0 saturated carbocycles. The first-order chi connectivity index (χ1) is 11.3. The second-order valence-electron chi connectivity index (χ2n) is 8.75. The summed E-state index contributed by atoms with van der Waals surface area (Å²) in [4.78, 5) is 2.65. The van der Waals surface area contributed by atoms with Crippen LogP contribution in [-0.2, 0) is 0 Å². The number of allylic oxidation sites excluding steroid dienone is 4. The van der Waals surface area contributed by atoms with E-state index in [9.17, 15) is 5.11 Å². The molecular formula is C22H41NO. The van der Waals surface area contributed by atoms with E-state index in [2.05, 4.69) is 58.6 Å². The molecule has 2 heteroatoms. The van der Waals surface area contributed by atoms with Crippen LogP contribution in [0.5, 0.6) is 0 Å². The number of likely N-dealkylation sites (tertiary alicyclic amines) is 1. The van der Waals surface area contributed by atoms with Crippen molar-refractivity contribution in [3.8, 4) is 0 Å². The highest BCUT2D eigenvalue weighted by Gasteiger charge is 2.32. The predicted molar refractivity (Wildman–Crippen MR) is 106 cm³/mol. The van der Waals surface area contributed by atoms with Crippen molar-refractivity contribution in [3.63, 3.8) is 0 Å². The van der Waals surface area contributed by atoms with Crippen molar-refractivity contribution in [1.29, 1.82) is 0 Å². The zero-order valence-corrected chi connectivity index (χ0v) is 17.1. The van der Waals surface area contributed by atoms with E-state index in [1.54, 1.807) is 0 Å². The molecule has 1 atom stereocenters. The third kappa shape index (κ3) is 7.53. The Bertz CT molecular complexity index is 410. The quantitative estimate of drug-likeness (QED) is 0.556. The maximum atomic E-state index is 9.56. The Morgan fingerprint density at radius 1 is 1.12 bits per heavy atom. The van der Waals surface area contributed by atoms with Crippen LogP contribution in [0.4, 0.5) is 0 Å². The molecule has 0 spiro atoms. The maximum Gasteiger partial charge on any atom is 0.0484 e. The van der Waals surface area contributed by atoms with Gasteiger partial charge in [0, 0.05) is 12.6 Å². The van der Waals surface area contributed by atoms with Crippen LogP contribution >= 0.6 is 0 Å². The molecule has 2 nitrogen and oxygen atoms in total. The van der Waals surface area contributed by atoms with Crippen molar-refractivity contribution in [3.05, 3.63) is 23.3 Å². The van der Waals surface area contributed by atoms with E-state index >= 15 is 0 Å². The van der Waals surface area contributed by atoms with Crippen LogP contribution in [0.1, 0.15) is 80.1 Å². The van der Waals surface area contributed by atoms with Gasteiger partial charge in [-0.05, 0) is 90.6 Å². The van der Waals surface area contributed by atoms with Gasteiger partial charge in [-0.25, -0.2) is 0 Å². The van der Waals surface area contributed by atoms with E-state index in [0.29, 0.717) is 18.6 Å². The number of hydrogen-bond acceptors (Lipinski definition) is 2. The maximum absolute atomic E-state index is 9.56. The fourth-order valence-electron chi connectivity index (χ4n) is 3.69. The lowest BCUT2D eigenvalue weighted by Gasteiger charge is -2.41. The lowest BCUT2D eigenvalue weighted by molar-refractivity contribution is 0.0377. The Labute approximate surface area is 151 Å². The summed E-state index contributed by atoms with van der Waals surface area (Å²) in [7, 11) is 0. The van der Waals surface area contributed by atoms with Crippen molar-refractivity contribution in [1.82, 2.24) is 4.90 Å². The lowest BCUT2D eigenvalue weighted by Crippen LogP contribution is -2.43. The first-order valence-electron chi connectivity index (χ1n) is 9.90. The number of nitrogens with zero attached hydrogens (tertiary/aromatic N) is 1. The summed E-state index contributed by atoms with van der Waals surface area (Å²) < 4.78 is 0. The first kappa shape index (κ1) is 21.4.